The lowest BCUT2D eigenvalue weighted by atomic mass is 10.1. The standard InChI is InChI=1S/C16H19BrN2O/c1-12-4-6-15(20-3)13(10-12)8-9-19(2)16-7-5-14(17)11-18-16/h4-7,10-11H,8-9H2,1-3H3. The highest BCUT2D eigenvalue weighted by atomic mass is 79.9. The molecule has 0 bridgehead atoms. The molecule has 0 amide bonds. The van der Waals surface area contributed by atoms with Crippen molar-refractivity contribution in [1.82, 2.24) is 4.98 Å². The fourth-order valence-corrected chi connectivity index (χ4v) is 2.33. The van der Waals surface area contributed by atoms with Crippen molar-refractivity contribution in [2.45, 2.75) is 13.3 Å². The van der Waals surface area contributed by atoms with Gasteiger partial charge in [-0.3, -0.25) is 0 Å². The second-order valence-electron chi connectivity index (χ2n) is 4.82. The van der Waals surface area contributed by atoms with Gasteiger partial charge in [0.2, 0.25) is 0 Å². The van der Waals surface area contributed by atoms with E-state index in [0.717, 1.165) is 29.0 Å². The summed E-state index contributed by atoms with van der Waals surface area (Å²) in [5, 5.41) is 0. The maximum Gasteiger partial charge on any atom is 0.128 e. The summed E-state index contributed by atoms with van der Waals surface area (Å²) in [4.78, 5) is 6.55. The summed E-state index contributed by atoms with van der Waals surface area (Å²) in [5.41, 5.74) is 2.49. The number of halogens is 1. The molecule has 0 aliphatic rings. The van der Waals surface area contributed by atoms with Crippen LogP contribution in [0.15, 0.2) is 41.0 Å². The summed E-state index contributed by atoms with van der Waals surface area (Å²) in [6.07, 6.45) is 2.75. The topological polar surface area (TPSA) is 25.4 Å². The van der Waals surface area contributed by atoms with Crippen molar-refractivity contribution in [3.63, 3.8) is 0 Å². The first kappa shape index (κ1) is 14.9. The van der Waals surface area contributed by atoms with Crippen LogP contribution in [-0.4, -0.2) is 25.7 Å². The van der Waals surface area contributed by atoms with Crippen LogP contribution in [0.5, 0.6) is 5.75 Å². The minimum absolute atomic E-state index is 0.897. The highest BCUT2D eigenvalue weighted by Gasteiger charge is 2.07. The number of ether oxygens (including phenoxy) is 1. The molecule has 0 N–H and O–H groups in total. The molecule has 1 aromatic heterocycles. The summed E-state index contributed by atoms with van der Waals surface area (Å²) in [7, 11) is 3.77. The molecule has 1 aromatic carbocycles. The SMILES string of the molecule is COc1ccc(C)cc1CCN(C)c1ccc(Br)cn1. The van der Waals surface area contributed by atoms with Crippen molar-refractivity contribution in [1.29, 1.82) is 0 Å². The average molecular weight is 335 g/mol. The van der Waals surface area contributed by atoms with Crippen molar-refractivity contribution in [3.05, 3.63) is 52.1 Å². The maximum absolute atomic E-state index is 5.41. The lowest BCUT2D eigenvalue weighted by molar-refractivity contribution is 0.409. The molecule has 0 spiro atoms. The van der Waals surface area contributed by atoms with Crippen molar-refractivity contribution in [3.8, 4) is 5.75 Å². The summed E-state index contributed by atoms with van der Waals surface area (Å²) in [5.74, 6) is 1.92. The number of methoxy groups -OCH3 is 1. The first-order chi connectivity index (χ1) is 9.60. The van der Waals surface area contributed by atoms with Crippen LogP contribution >= 0.6 is 15.9 Å². The zero-order valence-electron chi connectivity index (χ0n) is 12.1. The van der Waals surface area contributed by atoms with Gasteiger partial charge in [0.05, 0.1) is 7.11 Å². The van der Waals surface area contributed by atoms with Crippen LogP contribution < -0.4 is 9.64 Å². The molecule has 0 fully saturated rings. The lowest BCUT2D eigenvalue weighted by Crippen LogP contribution is -2.21. The Hall–Kier alpha value is -1.55. The van der Waals surface area contributed by atoms with Gasteiger partial charge in [0, 0.05) is 24.3 Å². The average Bonchev–Trinajstić information content (AvgIpc) is 2.45. The molecule has 0 unspecified atom stereocenters. The number of nitrogens with zero attached hydrogens (tertiary/aromatic N) is 2. The molecular weight excluding hydrogens is 316 g/mol. The Bertz CT molecular complexity index is 569. The number of aromatic nitrogens is 1. The third kappa shape index (κ3) is 3.73. The quantitative estimate of drug-likeness (QED) is 0.830. The van der Waals surface area contributed by atoms with Crippen LogP contribution in [0.25, 0.3) is 0 Å². The highest BCUT2D eigenvalue weighted by Crippen LogP contribution is 2.21. The molecule has 0 saturated carbocycles. The molecule has 106 valence electrons. The number of benzene rings is 1. The lowest BCUT2D eigenvalue weighted by Gasteiger charge is -2.19. The van der Waals surface area contributed by atoms with Crippen molar-refractivity contribution in [2.24, 2.45) is 0 Å². The Balaban J connectivity index is 2.04. The monoisotopic (exact) mass is 334 g/mol. The number of aryl methyl sites for hydroxylation is 1. The molecule has 0 radical (unpaired) electrons. The van der Waals surface area contributed by atoms with Gasteiger partial charge in [0.15, 0.2) is 0 Å². The van der Waals surface area contributed by atoms with Crippen LogP contribution in [0.1, 0.15) is 11.1 Å². The van der Waals surface area contributed by atoms with Gasteiger partial charge in [-0.1, -0.05) is 17.7 Å². The molecule has 4 heteroatoms. The smallest absolute Gasteiger partial charge is 0.128 e. The first-order valence-electron chi connectivity index (χ1n) is 6.56. The van der Waals surface area contributed by atoms with E-state index >= 15 is 0 Å². The zero-order chi connectivity index (χ0) is 14.5. The molecular formula is C16H19BrN2O. The normalized spacial score (nSPS) is 10.4. The van der Waals surface area contributed by atoms with Gasteiger partial charge in [-0.2, -0.15) is 0 Å². The molecule has 1 heterocycles. The van der Waals surface area contributed by atoms with E-state index in [-0.39, 0.29) is 0 Å². The predicted molar refractivity (Wildman–Crippen MR) is 86.6 cm³/mol. The second-order valence-corrected chi connectivity index (χ2v) is 5.74. The van der Waals surface area contributed by atoms with Crippen molar-refractivity contribution in [2.75, 3.05) is 25.6 Å². The molecule has 0 saturated heterocycles. The van der Waals surface area contributed by atoms with E-state index in [4.69, 9.17) is 4.74 Å². The van der Waals surface area contributed by atoms with Crippen molar-refractivity contribution < 1.29 is 4.74 Å². The maximum atomic E-state index is 5.41. The van der Waals surface area contributed by atoms with Gasteiger partial charge in [-0.05, 0) is 53.0 Å². The third-order valence-corrected chi connectivity index (χ3v) is 3.72. The van der Waals surface area contributed by atoms with E-state index in [0.29, 0.717) is 0 Å². The van der Waals surface area contributed by atoms with Gasteiger partial charge in [-0.15, -0.1) is 0 Å². The van der Waals surface area contributed by atoms with Crippen LogP contribution in [0.2, 0.25) is 0 Å². The van der Waals surface area contributed by atoms with E-state index in [1.807, 2.05) is 24.4 Å². The van der Waals surface area contributed by atoms with E-state index in [1.165, 1.54) is 11.1 Å². The fourth-order valence-electron chi connectivity index (χ4n) is 2.10. The highest BCUT2D eigenvalue weighted by molar-refractivity contribution is 9.10. The summed E-state index contributed by atoms with van der Waals surface area (Å²) < 4.78 is 6.41. The molecule has 3 nitrogen and oxygen atoms in total. The van der Waals surface area contributed by atoms with Crippen LogP contribution in [0.3, 0.4) is 0 Å². The van der Waals surface area contributed by atoms with E-state index in [9.17, 15) is 0 Å². The number of hydrogen-bond donors (Lipinski definition) is 0. The molecule has 0 atom stereocenters. The van der Waals surface area contributed by atoms with Gasteiger partial charge in [-0.25, -0.2) is 4.98 Å². The number of anilines is 1. The number of hydrogen-bond acceptors (Lipinski definition) is 3. The predicted octanol–water partition coefficient (Wildman–Crippen LogP) is 3.84. The van der Waals surface area contributed by atoms with Gasteiger partial charge in [0.1, 0.15) is 11.6 Å². The van der Waals surface area contributed by atoms with E-state index in [2.05, 4.69) is 51.9 Å². The Morgan fingerprint density at radius 3 is 2.70 bits per heavy atom. The van der Waals surface area contributed by atoms with Crippen LogP contribution in [-0.2, 0) is 6.42 Å². The molecule has 0 aliphatic carbocycles. The fraction of sp³-hybridized carbons (Fsp3) is 0.312. The Kier molecular flexibility index (Phi) is 5.01. The largest absolute Gasteiger partial charge is 0.496 e. The summed E-state index contributed by atoms with van der Waals surface area (Å²) >= 11 is 3.40. The van der Waals surface area contributed by atoms with Gasteiger partial charge < -0.3 is 9.64 Å². The number of likely N-dealkylation sites (N-methyl/N-ethyl adjacent to an activating group) is 1. The first-order valence-corrected chi connectivity index (χ1v) is 7.35. The molecule has 2 rings (SSSR count). The molecule has 0 aliphatic heterocycles. The number of pyridine rings is 1. The Morgan fingerprint density at radius 2 is 2.05 bits per heavy atom. The van der Waals surface area contributed by atoms with Crippen LogP contribution in [0.4, 0.5) is 5.82 Å². The van der Waals surface area contributed by atoms with Crippen LogP contribution in [0, 0.1) is 6.92 Å². The minimum Gasteiger partial charge on any atom is -0.496 e. The Morgan fingerprint density at radius 1 is 1.25 bits per heavy atom. The zero-order valence-corrected chi connectivity index (χ0v) is 13.6. The van der Waals surface area contributed by atoms with Gasteiger partial charge >= 0.3 is 0 Å². The number of rotatable bonds is 5. The van der Waals surface area contributed by atoms with E-state index < -0.39 is 0 Å². The molecule has 20 heavy (non-hydrogen) atoms. The van der Waals surface area contributed by atoms with Gasteiger partial charge in [0.25, 0.3) is 0 Å². The molecule has 2 aromatic rings. The Labute approximate surface area is 128 Å². The summed E-state index contributed by atoms with van der Waals surface area (Å²) in [6, 6.07) is 10.3. The second kappa shape index (κ2) is 6.75. The van der Waals surface area contributed by atoms with E-state index in [1.54, 1.807) is 7.11 Å². The third-order valence-electron chi connectivity index (χ3n) is 3.26. The van der Waals surface area contributed by atoms with Crippen molar-refractivity contribution >= 4 is 21.7 Å². The minimum atomic E-state index is 0.897. The summed E-state index contributed by atoms with van der Waals surface area (Å²) in [6.45, 7) is 3.00.